The molecule has 1 unspecified atom stereocenters. The fraction of sp³-hybridized carbons (Fsp3) is 0.278. The van der Waals surface area contributed by atoms with E-state index in [9.17, 15) is 18.3 Å². The standard InChI is InChI=1S/C18H20ClNO4S/c1-12(2)11-17(18(21)22)20-25(23,24)16-9-5-14(6-10-16)13-3-7-15(19)8-4-13/h3-10,12,17,20H,11H2,1-2H3,(H,21,22). The number of nitrogens with one attached hydrogen (secondary N) is 1. The highest BCUT2D eigenvalue weighted by atomic mass is 35.5. The van der Waals surface area contributed by atoms with Gasteiger partial charge in [-0.25, -0.2) is 8.42 Å². The van der Waals surface area contributed by atoms with Gasteiger partial charge in [0.2, 0.25) is 10.0 Å². The van der Waals surface area contributed by atoms with Crippen LogP contribution in [0.15, 0.2) is 53.4 Å². The summed E-state index contributed by atoms with van der Waals surface area (Å²) in [6, 6.07) is 12.3. The van der Waals surface area contributed by atoms with Crippen LogP contribution in [0.3, 0.4) is 0 Å². The second-order valence-corrected chi connectivity index (χ2v) is 8.32. The third-order valence-corrected chi connectivity index (χ3v) is 5.38. The number of benzene rings is 2. The van der Waals surface area contributed by atoms with Crippen molar-refractivity contribution in [1.82, 2.24) is 4.72 Å². The van der Waals surface area contributed by atoms with Crippen molar-refractivity contribution >= 4 is 27.6 Å². The van der Waals surface area contributed by atoms with Crippen molar-refractivity contribution in [2.75, 3.05) is 0 Å². The van der Waals surface area contributed by atoms with Gasteiger partial charge in [-0.3, -0.25) is 4.79 Å². The normalized spacial score (nSPS) is 13.0. The van der Waals surface area contributed by atoms with Crippen molar-refractivity contribution in [3.63, 3.8) is 0 Å². The van der Waals surface area contributed by atoms with Crippen LogP contribution in [0, 0.1) is 5.92 Å². The fourth-order valence-electron chi connectivity index (χ4n) is 2.39. The monoisotopic (exact) mass is 381 g/mol. The highest BCUT2D eigenvalue weighted by molar-refractivity contribution is 7.89. The smallest absolute Gasteiger partial charge is 0.321 e. The van der Waals surface area contributed by atoms with Crippen molar-refractivity contribution < 1.29 is 18.3 Å². The Kier molecular flexibility index (Phi) is 6.21. The van der Waals surface area contributed by atoms with E-state index in [1.54, 1.807) is 24.3 Å². The minimum Gasteiger partial charge on any atom is -0.480 e. The molecule has 0 saturated carbocycles. The molecule has 2 aromatic carbocycles. The molecule has 0 bridgehead atoms. The predicted molar refractivity (Wildman–Crippen MR) is 98.1 cm³/mol. The molecule has 0 aliphatic heterocycles. The summed E-state index contributed by atoms with van der Waals surface area (Å²) in [6.07, 6.45) is 0.220. The van der Waals surface area contributed by atoms with Gasteiger partial charge in [-0.15, -0.1) is 0 Å². The number of carbonyl (C=O) groups is 1. The number of aliphatic carboxylic acids is 1. The second kappa shape index (κ2) is 7.99. The fourth-order valence-corrected chi connectivity index (χ4v) is 3.72. The van der Waals surface area contributed by atoms with Gasteiger partial charge in [0.1, 0.15) is 6.04 Å². The topological polar surface area (TPSA) is 83.5 Å². The summed E-state index contributed by atoms with van der Waals surface area (Å²) in [5.74, 6) is -1.13. The number of carboxylic acids is 1. The Morgan fingerprint density at radius 3 is 1.96 bits per heavy atom. The lowest BCUT2D eigenvalue weighted by atomic mass is 10.1. The Balaban J connectivity index is 2.22. The van der Waals surface area contributed by atoms with Gasteiger partial charge in [-0.05, 0) is 47.7 Å². The molecular weight excluding hydrogens is 362 g/mol. The Morgan fingerprint density at radius 2 is 1.52 bits per heavy atom. The lowest BCUT2D eigenvalue weighted by Gasteiger charge is -2.16. The molecule has 0 amide bonds. The summed E-state index contributed by atoms with van der Waals surface area (Å²) in [6.45, 7) is 3.68. The maximum absolute atomic E-state index is 12.4. The zero-order valence-electron chi connectivity index (χ0n) is 13.9. The summed E-state index contributed by atoms with van der Waals surface area (Å²) in [4.78, 5) is 11.3. The molecule has 2 N–H and O–H groups in total. The highest BCUT2D eigenvalue weighted by Gasteiger charge is 2.26. The number of hydrogen-bond donors (Lipinski definition) is 2. The molecule has 0 aliphatic rings. The van der Waals surface area contributed by atoms with Crippen LogP contribution in [0.2, 0.25) is 5.02 Å². The van der Waals surface area contributed by atoms with E-state index in [1.807, 2.05) is 26.0 Å². The second-order valence-electron chi connectivity index (χ2n) is 6.17. The molecule has 0 saturated heterocycles. The third kappa shape index (κ3) is 5.29. The number of rotatable bonds is 7. The molecule has 2 rings (SSSR count). The van der Waals surface area contributed by atoms with Crippen molar-refractivity contribution in [3.05, 3.63) is 53.6 Å². The van der Waals surface area contributed by atoms with E-state index in [0.29, 0.717) is 5.02 Å². The first-order chi connectivity index (χ1) is 11.7. The summed E-state index contributed by atoms with van der Waals surface area (Å²) in [7, 11) is -3.91. The number of halogens is 1. The van der Waals surface area contributed by atoms with Crippen molar-refractivity contribution in [2.24, 2.45) is 5.92 Å². The summed E-state index contributed by atoms with van der Waals surface area (Å²) >= 11 is 5.86. The van der Waals surface area contributed by atoms with Gasteiger partial charge in [0.15, 0.2) is 0 Å². The quantitative estimate of drug-likeness (QED) is 0.764. The van der Waals surface area contributed by atoms with E-state index < -0.39 is 22.0 Å². The number of carboxylic acid groups (broad SMARTS) is 1. The molecule has 0 aromatic heterocycles. The molecule has 7 heteroatoms. The zero-order valence-corrected chi connectivity index (χ0v) is 15.5. The van der Waals surface area contributed by atoms with E-state index >= 15 is 0 Å². The Hall–Kier alpha value is -1.89. The third-order valence-electron chi connectivity index (χ3n) is 3.64. The van der Waals surface area contributed by atoms with Crippen LogP contribution in [-0.4, -0.2) is 25.5 Å². The molecule has 1 atom stereocenters. The maximum atomic E-state index is 12.4. The molecule has 0 radical (unpaired) electrons. The molecule has 0 spiro atoms. The molecule has 2 aromatic rings. The molecule has 0 heterocycles. The van der Waals surface area contributed by atoms with Gasteiger partial charge in [-0.1, -0.05) is 49.7 Å². The van der Waals surface area contributed by atoms with Crippen LogP contribution in [0.25, 0.3) is 11.1 Å². The zero-order chi connectivity index (χ0) is 18.6. The van der Waals surface area contributed by atoms with Gasteiger partial charge in [0, 0.05) is 5.02 Å². The summed E-state index contributed by atoms with van der Waals surface area (Å²) in [5.41, 5.74) is 1.75. The van der Waals surface area contributed by atoms with Crippen molar-refractivity contribution in [2.45, 2.75) is 31.2 Å². The van der Waals surface area contributed by atoms with E-state index in [1.165, 1.54) is 12.1 Å². The largest absolute Gasteiger partial charge is 0.480 e. The molecule has 0 fully saturated rings. The molecule has 134 valence electrons. The average molecular weight is 382 g/mol. The van der Waals surface area contributed by atoms with Crippen LogP contribution in [0.5, 0.6) is 0 Å². The van der Waals surface area contributed by atoms with Gasteiger partial charge >= 0.3 is 5.97 Å². The SMILES string of the molecule is CC(C)CC(NS(=O)(=O)c1ccc(-c2ccc(Cl)cc2)cc1)C(=O)O. The van der Waals surface area contributed by atoms with Crippen LogP contribution >= 0.6 is 11.6 Å². The lowest BCUT2D eigenvalue weighted by molar-refractivity contribution is -0.139. The Labute approximate surface area is 152 Å². The molecule has 25 heavy (non-hydrogen) atoms. The first-order valence-corrected chi connectivity index (χ1v) is 9.66. The summed E-state index contributed by atoms with van der Waals surface area (Å²) in [5, 5.41) is 9.83. The van der Waals surface area contributed by atoms with E-state index in [0.717, 1.165) is 11.1 Å². The van der Waals surface area contributed by atoms with E-state index in [4.69, 9.17) is 11.6 Å². The van der Waals surface area contributed by atoms with Gasteiger partial charge < -0.3 is 5.11 Å². The van der Waals surface area contributed by atoms with Gasteiger partial charge in [0.25, 0.3) is 0 Å². The lowest BCUT2D eigenvalue weighted by Crippen LogP contribution is -2.41. The van der Waals surface area contributed by atoms with Crippen LogP contribution < -0.4 is 4.72 Å². The molecule has 5 nitrogen and oxygen atoms in total. The Morgan fingerprint density at radius 1 is 1.04 bits per heavy atom. The molecule has 0 aliphatic carbocycles. The summed E-state index contributed by atoms with van der Waals surface area (Å²) < 4.78 is 27.1. The van der Waals surface area contributed by atoms with E-state index in [-0.39, 0.29) is 17.2 Å². The average Bonchev–Trinajstić information content (AvgIpc) is 2.54. The predicted octanol–water partition coefficient (Wildman–Crippen LogP) is 3.78. The number of hydrogen-bond acceptors (Lipinski definition) is 3. The highest BCUT2D eigenvalue weighted by Crippen LogP contribution is 2.23. The van der Waals surface area contributed by atoms with Crippen molar-refractivity contribution in [3.8, 4) is 11.1 Å². The van der Waals surface area contributed by atoms with Gasteiger partial charge in [-0.2, -0.15) is 4.72 Å². The van der Waals surface area contributed by atoms with Crippen LogP contribution in [-0.2, 0) is 14.8 Å². The van der Waals surface area contributed by atoms with Crippen molar-refractivity contribution in [1.29, 1.82) is 0 Å². The van der Waals surface area contributed by atoms with Crippen LogP contribution in [0.4, 0.5) is 0 Å². The first kappa shape index (κ1) is 19.4. The maximum Gasteiger partial charge on any atom is 0.321 e. The first-order valence-electron chi connectivity index (χ1n) is 7.80. The molecular formula is C18H20ClNO4S. The van der Waals surface area contributed by atoms with Crippen LogP contribution in [0.1, 0.15) is 20.3 Å². The number of sulfonamides is 1. The minimum atomic E-state index is -3.91. The minimum absolute atomic E-state index is 0.0280. The van der Waals surface area contributed by atoms with Gasteiger partial charge in [0.05, 0.1) is 4.90 Å². The Bertz CT molecular complexity index is 830. The van der Waals surface area contributed by atoms with E-state index in [2.05, 4.69) is 4.72 Å².